The highest BCUT2D eigenvalue weighted by atomic mass is 32.2. The molecule has 1 aromatic heterocycles. The van der Waals surface area contributed by atoms with Gasteiger partial charge in [-0.1, -0.05) is 17.7 Å². The number of benzene rings is 1. The maximum absolute atomic E-state index is 13.2. The van der Waals surface area contributed by atoms with Gasteiger partial charge in [0, 0.05) is 18.8 Å². The molecular formula is C18H26N4O2S. The standard InChI is InChI=1S/C18H26N4O2S/c1-15-4-6-18(7-5-15)25(23,24)22(17-8-10-19-11-9-17)12-2-3-16-13-20-21-14-16/h4-7,13-14,17,19H,2-3,8-12H2,1H3,(H,20,21). The molecule has 25 heavy (non-hydrogen) atoms. The third-order valence-electron chi connectivity index (χ3n) is 4.74. The van der Waals surface area contributed by atoms with Gasteiger partial charge in [0.05, 0.1) is 11.1 Å². The third kappa shape index (κ3) is 4.48. The number of hydrogen-bond acceptors (Lipinski definition) is 4. The van der Waals surface area contributed by atoms with Crippen LogP contribution < -0.4 is 5.32 Å². The number of nitrogens with zero attached hydrogens (tertiary/aromatic N) is 2. The van der Waals surface area contributed by atoms with Gasteiger partial charge in [-0.2, -0.15) is 9.40 Å². The summed E-state index contributed by atoms with van der Waals surface area (Å²) in [7, 11) is -3.48. The van der Waals surface area contributed by atoms with E-state index < -0.39 is 10.0 Å². The van der Waals surface area contributed by atoms with Crippen LogP contribution in [0.2, 0.25) is 0 Å². The largest absolute Gasteiger partial charge is 0.317 e. The van der Waals surface area contributed by atoms with E-state index in [9.17, 15) is 8.42 Å². The Morgan fingerprint density at radius 2 is 1.92 bits per heavy atom. The lowest BCUT2D eigenvalue weighted by atomic mass is 10.1. The van der Waals surface area contributed by atoms with E-state index in [0.29, 0.717) is 11.4 Å². The molecule has 0 radical (unpaired) electrons. The third-order valence-corrected chi connectivity index (χ3v) is 6.71. The lowest BCUT2D eigenvalue weighted by Gasteiger charge is -2.33. The minimum absolute atomic E-state index is 0.0666. The molecule has 2 heterocycles. The van der Waals surface area contributed by atoms with Crippen molar-refractivity contribution >= 4 is 10.0 Å². The first-order valence-corrected chi connectivity index (χ1v) is 10.3. The van der Waals surface area contributed by atoms with Gasteiger partial charge in [0.2, 0.25) is 10.0 Å². The zero-order chi connectivity index (χ0) is 17.7. The molecule has 6 nitrogen and oxygen atoms in total. The molecule has 3 rings (SSSR count). The number of sulfonamides is 1. The number of aromatic nitrogens is 2. The molecule has 136 valence electrons. The number of rotatable bonds is 7. The Morgan fingerprint density at radius 1 is 1.20 bits per heavy atom. The summed E-state index contributed by atoms with van der Waals surface area (Å²) < 4.78 is 28.2. The van der Waals surface area contributed by atoms with Gasteiger partial charge >= 0.3 is 0 Å². The fourth-order valence-corrected chi connectivity index (χ4v) is 5.02. The van der Waals surface area contributed by atoms with Crippen LogP contribution in [-0.2, 0) is 16.4 Å². The summed E-state index contributed by atoms with van der Waals surface area (Å²) in [6.07, 6.45) is 6.98. The van der Waals surface area contributed by atoms with E-state index in [1.54, 1.807) is 22.6 Å². The van der Waals surface area contributed by atoms with E-state index in [4.69, 9.17) is 0 Å². The van der Waals surface area contributed by atoms with Gasteiger partial charge in [0.1, 0.15) is 0 Å². The van der Waals surface area contributed by atoms with E-state index in [1.165, 1.54) is 0 Å². The highest BCUT2D eigenvalue weighted by molar-refractivity contribution is 7.89. The van der Waals surface area contributed by atoms with Gasteiger partial charge < -0.3 is 5.32 Å². The van der Waals surface area contributed by atoms with Crippen LogP contribution >= 0.6 is 0 Å². The van der Waals surface area contributed by atoms with Crippen molar-refractivity contribution in [2.24, 2.45) is 0 Å². The van der Waals surface area contributed by atoms with Crippen LogP contribution in [0.3, 0.4) is 0 Å². The summed E-state index contributed by atoms with van der Waals surface area (Å²) in [6.45, 7) is 4.23. The number of piperidine rings is 1. The Hall–Kier alpha value is -1.70. The van der Waals surface area contributed by atoms with Gasteiger partial charge in [-0.15, -0.1) is 0 Å². The Morgan fingerprint density at radius 3 is 2.56 bits per heavy atom. The molecule has 1 aliphatic heterocycles. The predicted octanol–water partition coefficient (Wildman–Crippen LogP) is 2.09. The fourth-order valence-electron chi connectivity index (χ4n) is 3.29. The first-order chi connectivity index (χ1) is 12.1. The van der Waals surface area contributed by atoms with Crippen molar-refractivity contribution in [1.82, 2.24) is 19.8 Å². The number of aryl methyl sites for hydroxylation is 2. The zero-order valence-corrected chi connectivity index (χ0v) is 15.4. The smallest absolute Gasteiger partial charge is 0.243 e. The fraction of sp³-hybridized carbons (Fsp3) is 0.500. The van der Waals surface area contributed by atoms with Crippen LogP contribution in [0.25, 0.3) is 0 Å². The van der Waals surface area contributed by atoms with Crippen molar-refractivity contribution in [3.05, 3.63) is 47.8 Å². The first kappa shape index (κ1) is 18.1. The van der Waals surface area contributed by atoms with Crippen LogP contribution in [0.15, 0.2) is 41.6 Å². The van der Waals surface area contributed by atoms with Gasteiger partial charge in [-0.05, 0) is 63.4 Å². The van der Waals surface area contributed by atoms with Gasteiger partial charge in [0.15, 0.2) is 0 Å². The molecule has 1 fully saturated rings. The first-order valence-electron chi connectivity index (χ1n) is 8.84. The lowest BCUT2D eigenvalue weighted by Crippen LogP contribution is -2.46. The normalized spacial score (nSPS) is 16.4. The molecule has 1 aromatic carbocycles. The monoisotopic (exact) mass is 362 g/mol. The van der Waals surface area contributed by atoms with Crippen LogP contribution in [0, 0.1) is 6.92 Å². The minimum Gasteiger partial charge on any atom is -0.317 e. The summed E-state index contributed by atoms with van der Waals surface area (Å²) in [4.78, 5) is 0.389. The highest BCUT2D eigenvalue weighted by Crippen LogP contribution is 2.23. The summed E-state index contributed by atoms with van der Waals surface area (Å²) in [5.41, 5.74) is 2.17. The molecule has 1 aliphatic rings. The Labute approximate surface area is 149 Å². The maximum atomic E-state index is 13.2. The van der Waals surface area contributed by atoms with E-state index in [2.05, 4.69) is 15.5 Å². The van der Waals surface area contributed by atoms with Crippen molar-refractivity contribution in [3.63, 3.8) is 0 Å². The van der Waals surface area contributed by atoms with Crippen molar-refractivity contribution < 1.29 is 8.42 Å². The topological polar surface area (TPSA) is 78.1 Å². The van der Waals surface area contributed by atoms with Crippen molar-refractivity contribution in [2.75, 3.05) is 19.6 Å². The minimum atomic E-state index is -3.48. The van der Waals surface area contributed by atoms with Crippen LogP contribution in [0.4, 0.5) is 0 Å². The second-order valence-corrected chi connectivity index (χ2v) is 8.51. The molecule has 7 heteroatoms. The summed E-state index contributed by atoms with van der Waals surface area (Å²) in [5, 5.41) is 10.1. The van der Waals surface area contributed by atoms with E-state index in [1.807, 2.05) is 25.3 Å². The molecular weight excluding hydrogens is 336 g/mol. The molecule has 0 unspecified atom stereocenters. The van der Waals surface area contributed by atoms with Crippen LogP contribution in [0.5, 0.6) is 0 Å². The Kier molecular flexibility index (Phi) is 5.88. The highest BCUT2D eigenvalue weighted by Gasteiger charge is 2.31. The number of aromatic amines is 1. The molecule has 0 spiro atoms. The van der Waals surface area contributed by atoms with E-state index in [0.717, 1.165) is 49.9 Å². The summed E-state index contributed by atoms with van der Waals surface area (Å²) in [6, 6.07) is 7.22. The molecule has 0 bridgehead atoms. The van der Waals surface area contributed by atoms with Gasteiger partial charge in [0.25, 0.3) is 0 Å². The quantitative estimate of drug-likeness (QED) is 0.791. The molecule has 1 saturated heterocycles. The van der Waals surface area contributed by atoms with Gasteiger partial charge in [-0.3, -0.25) is 5.10 Å². The lowest BCUT2D eigenvalue weighted by molar-refractivity contribution is 0.260. The maximum Gasteiger partial charge on any atom is 0.243 e. The van der Waals surface area contributed by atoms with Crippen LogP contribution in [-0.4, -0.2) is 48.6 Å². The molecule has 0 amide bonds. The van der Waals surface area contributed by atoms with Crippen LogP contribution in [0.1, 0.15) is 30.4 Å². The van der Waals surface area contributed by atoms with Crippen molar-refractivity contribution in [3.8, 4) is 0 Å². The molecule has 2 N–H and O–H groups in total. The Balaban J connectivity index is 1.77. The molecule has 0 aliphatic carbocycles. The zero-order valence-electron chi connectivity index (χ0n) is 14.6. The molecule has 2 aromatic rings. The molecule has 0 saturated carbocycles. The second kappa shape index (κ2) is 8.12. The number of nitrogens with one attached hydrogen (secondary N) is 2. The second-order valence-electron chi connectivity index (χ2n) is 6.62. The SMILES string of the molecule is Cc1ccc(S(=O)(=O)N(CCCc2cn[nH]c2)C2CCNCC2)cc1. The molecule has 0 atom stereocenters. The number of hydrogen-bond donors (Lipinski definition) is 2. The number of H-pyrrole nitrogens is 1. The summed E-state index contributed by atoms with van der Waals surface area (Å²) >= 11 is 0. The van der Waals surface area contributed by atoms with E-state index in [-0.39, 0.29) is 6.04 Å². The summed E-state index contributed by atoms with van der Waals surface area (Å²) in [5.74, 6) is 0. The average Bonchev–Trinajstić information content (AvgIpc) is 3.13. The van der Waals surface area contributed by atoms with Gasteiger partial charge in [-0.25, -0.2) is 8.42 Å². The Bertz CT molecular complexity index is 751. The predicted molar refractivity (Wildman–Crippen MR) is 97.9 cm³/mol. The average molecular weight is 362 g/mol. The van der Waals surface area contributed by atoms with Crippen molar-refractivity contribution in [2.45, 2.75) is 43.5 Å². The van der Waals surface area contributed by atoms with Crippen molar-refractivity contribution in [1.29, 1.82) is 0 Å². The van der Waals surface area contributed by atoms with E-state index >= 15 is 0 Å².